The van der Waals surface area contributed by atoms with E-state index in [4.69, 9.17) is 16.0 Å². The number of oxime groups is 1. The van der Waals surface area contributed by atoms with Crippen molar-refractivity contribution in [3.8, 4) is 5.75 Å². The van der Waals surface area contributed by atoms with E-state index in [1.54, 1.807) is 0 Å². The number of rotatable bonds is 3. The molecule has 2 rings (SSSR count). The second-order valence-corrected chi connectivity index (χ2v) is 4.18. The molecular weight excluding hydrogens is 277 g/mol. The van der Waals surface area contributed by atoms with Crippen LogP contribution in [-0.2, 0) is 0 Å². The molecule has 21 heavy (non-hydrogen) atoms. The fraction of sp³-hybridized carbons (Fsp3) is 0. The van der Waals surface area contributed by atoms with Crippen molar-refractivity contribution in [3.05, 3.63) is 59.4 Å². The number of carbonyl (C=O) groups excluding carboxylic acids is 1. The molecule has 0 spiro atoms. The lowest BCUT2D eigenvalue weighted by Crippen LogP contribution is -2.15. The number of phenols is 1. The van der Waals surface area contributed by atoms with Gasteiger partial charge in [0.15, 0.2) is 5.84 Å². The molecule has 0 fully saturated rings. The summed E-state index contributed by atoms with van der Waals surface area (Å²) in [5, 5.41) is 22.8. The van der Waals surface area contributed by atoms with Crippen molar-refractivity contribution in [3.63, 3.8) is 0 Å². The summed E-state index contributed by atoms with van der Waals surface area (Å²) in [4.78, 5) is 11.9. The van der Waals surface area contributed by atoms with E-state index < -0.39 is 11.7 Å². The number of benzene rings is 2. The highest BCUT2D eigenvalue weighted by Gasteiger charge is 2.11. The number of anilines is 1. The van der Waals surface area contributed by atoms with Gasteiger partial charge in [0.1, 0.15) is 11.6 Å². The normalized spacial score (nSPS) is 11.2. The molecule has 2 aromatic rings. The molecule has 108 valence electrons. The average molecular weight is 289 g/mol. The first kappa shape index (κ1) is 14.3. The second kappa shape index (κ2) is 5.91. The number of nitrogens with zero attached hydrogens (tertiary/aromatic N) is 1. The quantitative estimate of drug-likeness (QED) is 0.299. The third kappa shape index (κ3) is 3.27. The highest BCUT2D eigenvalue weighted by Crippen LogP contribution is 2.17. The Kier molecular flexibility index (Phi) is 4.03. The zero-order valence-corrected chi connectivity index (χ0v) is 10.7. The number of hydrogen-bond donors (Lipinski definition) is 4. The Morgan fingerprint density at radius 3 is 2.33 bits per heavy atom. The Morgan fingerprint density at radius 2 is 1.76 bits per heavy atom. The van der Waals surface area contributed by atoms with Crippen molar-refractivity contribution in [2.45, 2.75) is 0 Å². The van der Waals surface area contributed by atoms with Crippen molar-refractivity contribution in [1.82, 2.24) is 0 Å². The Morgan fingerprint density at radius 1 is 1.14 bits per heavy atom. The van der Waals surface area contributed by atoms with E-state index in [-0.39, 0.29) is 28.4 Å². The van der Waals surface area contributed by atoms with Crippen LogP contribution in [0, 0.1) is 5.82 Å². The lowest BCUT2D eigenvalue weighted by Gasteiger charge is -2.08. The Balaban J connectivity index is 2.20. The summed E-state index contributed by atoms with van der Waals surface area (Å²) in [6, 6.07) is 9.29. The smallest absolute Gasteiger partial charge is 0.255 e. The lowest BCUT2D eigenvalue weighted by molar-refractivity contribution is 0.102. The minimum absolute atomic E-state index is 0.0286. The molecule has 5 N–H and O–H groups in total. The van der Waals surface area contributed by atoms with E-state index in [1.807, 2.05) is 0 Å². The minimum atomic E-state index is -0.716. The predicted octanol–water partition coefficient (Wildman–Crippen LogP) is 1.88. The van der Waals surface area contributed by atoms with Crippen LogP contribution in [0.15, 0.2) is 47.6 Å². The topological polar surface area (TPSA) is 108 Å². The van der Waals surface area contributed by atoms with Gasteiger partial charge in [-0.2, -0.15) is 0 Å². The molecule has 0 saturated carbocycles. The van der Waals surface area contributed by atoms with E-state index in [0.717, 1.165) is 6.07 Å². The maximum absolute atomic E-state index is 13.8. The first-order chi connectivity index (χ1) is 10.0. The van der Waals surface area contributed by atoms with Gasteiger partial charge in [-0.15, -0.1) is 0 Å². The van der Waals surface area contributed by atoms with Crippen LogP contribution in [0.2, 0.25) is 0 Å². The van der Waals surface area contributed by atoms with E-state index in [2.05, 4.69) is 10.5 Å². The van der Waals surface area contributed by atoms with Gasteiger partial charge in [0.05, 0.1) is 5.69 Å². The number of carbonyl (C=O) groups is 1. The van der Waals surface area contributed by atoms with Gasteiger partial charge in [-0.3, -0.25) is 4.79 Å². The number of amidine groups is 1. The third-order valence-electron chi connectivity index (χ3n) is 2.75. The third-order valence-corrected chi connectivity index (χ3v) is 2.75. The number of phenolic OH excluding ortho intramolecular Hbond substituents is 1. The van der Waals surface area contributed by atoms with Crippen LogP contribution < -0.4 is 11.1 Å². The molecule has 0 bridgehead atoms. The van der Waals surface area contributed by atoms with Crippen LogP contribution in [0.3, 0.4) is 0 Å². The van der Waals surface area contributed by atoms with Crippen LogP contribution >= 0.6 is 0 Å². The zero-order valence-electron chi connectivity index (χ0n) is 10.7. The number of halogens is 1. The maximum atomic E-state index is 13.8. The summed E-state index contributed by atoms with van der Waals surface area (Å²) >= 11 is 0. The SMILES string of the molecule is N/C(=N/O)c1ccc(NC(=O)c2ccc(O)cc2)c(F)c1. The van der Waals surface area contributed by atoms with Crippen LogP contribution in [0.1, 0.15) is 15.9 Å². The molecular formula is C14H12FN3O3. The summed E-state index contributed by atoms with van der Waals surface area (Å²) in [5.74, 6) is -1.44. The summed E-state index contributed by atoms with van der Waals surface area (Å²) < 4.78 is 13.8. The number of nitrogens with one attached hydrogen (secondary N) is 1. The van der Waals surface area contributed by atoms with E-state index in [1.165, 1.54) is 36.4 Å². The minimum Gasteiger partial charge on any atom is -0.508 e. The lowest BCUT2D eigenvalue weighted by atomic mass is 10.1. The zero-order chi connectivity index (χ0) is 15.4. The maximum Gasteiger partial charge on any atom is 0.255 e. The van der Waals surface area contributed by atoms with Crippen molar-refractivity contribution < 1.29 is 19.5 Å². The summed E-state index contributed by atoms with van der Waals surface area (Å²) in [5.41, 5.74) is 5.77. The molecule has 2 aromatic carbocycles. The fourth-order valence-corrected chi connectivity index (χ4v) is 1.64. The van der Waals surface area contributed by atoms with Gasteiger partial charge in [0.25, 0.3) is 5.91 Å². The molecule has 0 atom stereocenters. The molecule has 1 amide bonds. The van der Waals surface area contributed by atoms with Crippen molar-refractivity contribution >= 4 is 17.4 Å². The Labute approximate surface area is 119 Å². The van der Waals surface area contributed by atoms with Crippen LogP contribution in [0.4, 0.5) is 10.1 Å². The fourth-order valence-electron chi connectivity index (χ4n) is 1.64. The largest absolute Gasteiger partial charge is 0.508 e. The molecule has 0 radical (unpaired) electrons. The molecule has 0 heterocycles. The highest BCUT2D eigenvalue weighted by atomic mass is 19.1. The van der Waals surface area contributed by atoms with Gasteiger partial charge in [-0.05, 0) is 42.5 Å². The molecule has 0 unspecified atom stereocenters. The van der Waals surface area contributed by atoms with E-state index in [0.29, 0.717) is 0 Å². The number of hydrogen-bond acceptors (Lipinski definition) is 4. The van der Waals surface area contributed by atoms with Crippen LogP contribution in [-0.4, -0.2) is 22.1 Å². The van der Waals surface area contributed by atoms with Crippen LogP contribution in [0.5, 0.6) is 5.75 Å². The summed E-state index contributed by atoms with van der Waals surface area (Å²) in [7, 11) is 0. The Bertz CT molecular complexity index is 699. The van der Waals surface area contributed by atoms with Gasteiger partial charge < -0.3 is 21.4 Å². The van der Waals surface area contributed by atoms with Gasteiger partial charge in [0, 0.05) is 11.1 Å². The van der Waals surface area contributed by atoms with Gasteiger partial charge in [0.2, 0.25) is 0 Å². The highest BCUT2D eigenvalue weighted by molar-refractivity contribution is 6.04. The van der Waals surface area contributed by atoms with Crippen molar-refractivity contribution in [1.29, 1.82) is 0 Å². The van der Waals surface area contributed by atoms with E-state index in [9.17, 15) is 9.18 Å². The average Bonchev–Trinajstić information content (AvgIpc) is 2.49. The first-order valence-electron chi connectivity index (χ1n) is 5.89. The molecule has 6 nitrogen and oxygen atoms in total. The van der Waals surface area contributed by atoms with Crippen LogP contribution in [0.25, 0.3) is 0 Å². The predicted molar refractivity (Wildman–Crippen MR) is 75.0 cm³/mol. The standard InChI is InChI=1S/C14H12FN3O3/c15-11-7-9(13(16)18-21)3-6-12(11)17-14(20)8-1-4-10(19)5-2-8/h1-7,19,21H,(H2,16,18)(H,17,20). The molecule has 0 saturated heterocycles. The Hall–Kier alpha value is -3.09. The molecule has 0 aliphatic heterocycles. The van der Waals surface area contributed by atoms with Crippen molar-refractivity contribution in [2.75, 3.05) is 5.32 Å². The molecule has 0 aliphatic rings. The monoisotopic (exact) mass is 289 g/mol. The second-order valence-electron chi connectivity index (χ2n) is 4.18. The van der Waals surface area contributed by atoms with Gasteiger partial charge >= 0.3 is 0 Å². The van der Waals surface area contributed by atoms with Gasteiger partial charge in [-0.25, -0.2) is 4.39 Å². The molecule has 7 heteroatoms. The van der Waals surface area contributed by atoms with Crippen molar-refractivity contribution in [2.24, 2.45) is 10.9 Å². The number of aromatic hydroxyl groups is 1. The first-order valence-corrected chi connectivity index (χ1v) is 5.89. The molecule has 0 aliphatic carbocycles. The summed E-state index contributed by atoms with van der Waals surface area (Å²) in [6.45, 7) is 0. The number of nitrogens with two attached hydrogens (primary N) is 1. The summed E-state index contributed by atoms with van der Waals surface area (Å²) in [6.07, 6.45) is 0. The molecule has 0 aromatic heterocycles. The number of amides is 1. The van der Waals surface area contributed by atoms with Gasteiger partial charge in [-0.1, -0.05) is 5.16 Å². The van der Waals surface area contributed by atoms with E-state index >= 15 is 0 Å².